The van der Waals surface area contributed by atoms with Crippen LogP contribution in [0.3, 0.4) is 0 Å². The fourth-order valence-electron chi connectivity index (χ4n) is 1.75. The molecule has 0 atom stereocenters. The van der Waals surface area contributed by atoms with Gasteiger partial charge in [-0.15, -0.1) is 0 Å². The molecule has 0 aliphatic rings. The second-order valence-corrected chi connectivity index (χ2v) is 3.97. The third kappa shape index (κ3) is 2.43. The van der Waals surface area contributed by atoms with Gasteiger partial charge in [-0.2, -0.15) is 26.3 Å². The molecule has 0 saturated heterocycles. The van der Waals surface area contributed by atoms with Crippen molar-refractivity contribution in [2.75, 3.05) is 0 Å². The van der Waals surface area contributed by atoms with Gasteiger partial charge in [0.25, 0.3) is 0 Å². The molecule has 0 amide bonds. The molecule has 0 bridgehead atoms. The van der Waals surface area contributed by atoms with Crippen LogP contribution in [0.15, 0.2) is 18.2 Å². The smallest absolute Gasteiger partial charge is 0.417 e. The van der Waals surface area contributed by atoms with E-state index in [1.54, 1.807) is 0 Å². The lowest BCUT2D eigenvalue weighted by atomic mass is 10.0. The molecule has 20 heavy (non-hydrogen) atoms. The van der Waals surface area contributed by atoms with Crippen LogP contribution in [0.5, 0.6) is 0 Å². The maximum absolute atomic E-state index is 12.8. The first-order valence-electron chi connectivity index (χ1n) is 5.04. The van der Waals surface area contributed by atoms with E-state index >= 15 is 0 Å². The molecular weight excluding hydrogens is 292 g/mol. The number of hydrogen-bond donors (Lipinski definition) is 2. The molecule has 1 aromatic carbocycles. The van der Waals surface area contributed by atoms with Gasteiger partial charge in [-0.3, -0.25) is 0 Å². The third-order valence-electron chi connectivity index (χ3n) is 2.60. The molecule has 0 spiro atoms. The van der Waals surface area contributed by atoms with Crippen molar-refractivity contribution in [1.29, 1.82) is 0 Å². The molecule has 0 unspecified atom stereocenters. The van der Waals surface area contributed by atoms with E-state index in [9.17, 15) is 31.1 Å². The first kappa shape index (κ1) is 14.2. The van der Waals surface area contributed by atoms with E-state index in [2.05, 4.69) is 0 Å². The minimum Gasteiger partial charge on any atom is -0.477 e. The molecule has 0 aliphatic heterocycles. The van der Waals surface area contributed by atoms with E-state index in [0.29, 0.717) is 12.1 Å². The van der Waals surface area contributed by atoms with Gasteiger partial charge < -0.3 is 10.1 Å². The van der Waals surface area contributed by atoms with Gasteiger partial charge in [0.05, 0.1) is 11.1 Å². The van der Waals surface area contributed by atoms with Gasteiger partial charge in [0, 0.05) is 10.9 Å². The number of hydrogen-bond acceptors (Lipinski definition) is 1. The fraction of sp³-hybridized carbons (Fsp3) is 0.182. The predicted octanol–water partition coefficient (Wildman–Crippen LogP) is 3.90. The summed E-state index contributed by atoms with van der Waals surface area (Å²) in [6, 6.07) is 1.06. The number of carboxylic acid groups (broad SMARTS) is 1. The highest BCUT2D eigenvalue weighted by Gasteiger charge is 2.38. The SMILES string of the molecule is O=C(O)c1cc2c(C(F)(F)F)cc(C(F)(F)F)cc2[nH]1. The number of aromatic carboxylic acids is 1. The molecule has 2 aromatic rings. The largest absolute Gasteiger partial charge is 0.477 e. The number of carboxylic acids is 1. The fourth-order valence-corrected chi connectivity index (χ4v) is 1.75. The lowest BCUT2D eigenvalue weighted by Crippen LogP contribution is -2.10. The Morgan fingerprint density at radius 3 is 2.05 bits per heavy atom. The molecule has 3 nitrogen and oxygen atoms in total. The summed E-state index contributed by atoms with van der Waals surface area (Å²) in [6.45, 7) is 0. The summed E-state index contributed by atoms with van der Waals surface area (Å²) >= 11 is 0. The minimum absolute atomic E-state index is 0.0399. The quantitative estimate of drug-likeness (QED) is 0.784. The van der Waals surface area contributed by atoms with Crippen LogP contribution in [-0.4, -0.2) is 16.1 Å². The van der Waals surface area contributed by atoms with Crippen LogP contribution in [0.4, 0.5) is 26.3 Å². The molecule has 1 aromatic heterocycles. The number of halogens is 6. The van der Waals surface area contributed by atoms with Crippen molar-refractivity contribution in [3.63, 3.8) is 0 Å². The molecular formula is C11H5F6NO2. The van der Waals surface area contributed by atoms with Gasteiger partial charge in [0.2, 0.25) is 0 Å². The maximum Gasteiger partial charge on any atom is 0.417 e. The van der Waals surface area contributed by atoms with Crippen molar-refractivity contribution in [1.82, 2.24) is 4.98 Å². The van der Waals surface area contributed by atoms with Crippen molar-refractivity contribution in [3.05, 3.63) is 35.0 Å². The van der Waals surface area contributed by atoms with Crippen molar-refractivity contribution in [3.8, 4) is 0 Å². The first-order chi connectivity index (χ1) is 9.00. The van der Waals surface area contributed by atoms with Crippen molar-refractivity contribution in [2.45, 2.75) is 12.4 Å². The number of nitrogens with one attached hydrogen (secondary N) is 1. The molecule has 0 fully saturated rings. The van der Waals surface area contributed by atoms with Crippen molar-refractivity contribution in [2.24, 2.45) is 0 Å². The zero-order valence-electron chi connectivity index (χ0n) is 9.36. The topological polar surface area (TPSA) is 53.1 Å². The van der Waals surface area contributed by atoms with E-state index in [0.717, 1.165) is 0 Å². The standard InChI is InChI=1S/C11H5F6NO2/c12-10(13,14)4-1-6(11(15,16)17)5-3-8(9(19)20)18-7(5)2-4/h1-3,18H,(H,19,20). The van der Waals surface area contributed by atoms with E-state index in [-0.39, 0.29) is 6.07 Å². The summed E-state index contributed by atoms with van der Waals surface area (Å²) in [5, 5.41) is 8.05. The van der Waals surface area contributed by atoms with Crippen molar-refractivity contribution < 1.29 is 36.2 Å². The molecule has 0 saturated carbocycles. The van der Waals surface area contributed by atoms with Gasteiger partial charge >= 0.3 is 18.3 Å². The van der Waals surface area contributed by atoms with E-state index in [4.69, 9.17) is 5.11 Å². The number of fused-ring (bicyclic) bond motifs is 1. The predicted molar refractivity (Wildman–Crippen MR) is 55.3 cm³/mol. The Labute approximate surface area is 106 Å². The highest BCUT2D eigenvalue weighted by Crippen LogP contribution is 2.40. The average Bonchev–Trinajstić information content (AvgIpc) is 2.68. The lowest BCUT2D eigenvalue weighted by Gasteiger charge is -2.12. The first-order valence-corrected chi connectivity index (χ1v) is 5.04. The highest BCUT2D eigenvalue weighted by atomic mass is 19.4. The molecule has 1 heterocycles. The summed E-state index contributed by atoms with van der Waals surface area (Å²) in [7, 11) is 0. The van der Waals surface area contributed by atoms with Crippen LogP contribution in [-0.2, 0) is 12.4 Å². The monoisotopic (exact) mass is 297 g/mol. The number of alkyl halides is 6. The van der Waals surface area contributed by atoms with E-state index < -0.39 is 46.0 Å². The molecule has 2 rings (SSSR count). The van der Waals surface area contributed by atoms with Crippen LogP contribution in [0.2, 0.25) is 0 Å². The Kier molecular flexibility index (Phi) is 2.95. The normalized spacial score (nSPS) is 12.9. The Bertz CT molecular complexity index is 683. The minimum atomic E-state index is -5.03. The second kappa shape index (κ2) is 4.15. The molecule has 0 aliphatic carbocycles. The number of benzene rings is 1. The Morgan fingerprint density at radius 2 is 1.60 bits per heavy atom. The maximum atomic E-state index is 12.8. The van der Waals surface area contributed by atoms with Crippen LogP contribution in [0.1, 0.15) is 21.6 Å². The third-order valence-corrected chi connectivity index (χ3v) is 2.60. The molecule has 9 heteroatoms. The highest BCUT2D eigenvalue weighted by molar-refractivity contribution is 5.95. The summed E-state index contributed by atoms with van der Waals surface area (Å²) in [4.78, 5) is 12.7. The second-order valence-electron chi connectivity index (χ2n) is 3.97. The van der Waals surface area contributed by atoms with Gasteiger partial charge in [0.1, 0.15) is 5.69 Å². The van der Waals surface area contributed by atoms with Gasteiger partial charge in [0.15, 0.2) is 0 Å². The number of aromatic nitrogens is 1. The zero-order valence-corrected chi connectivity index (χ0v) is 9.36. The summed E-state index contributed by atoms with van der Waals surface area (Å²) in [5.41, 5.74) is -4.20. The zero-order chi connectivity index (χ0) is 15.3. The Balaban J connectivity index is 2.82. The summed E-state index contributed by atoms with van der Waals surface area (Å²) in [6.07, 6.45) is -10.00. The van der Waals surface area contributed by atoms with Gasteiger partial charge in [-0.1, -0.05) is 0 Å². The number of rotatable bonds is 1. The van der Waals surface area contributed by atoms with Gasteiger partial charge in [-0.25, -0.2) is 4.79 Å². The summed E-state index contributed by atoms with van der Waals surface area (Å²) in [5.74, 6) is -1.57. The van der Waals surface area contributed by atoms with E-state index in [1.807, 2.05) is 4.98 Å². The van der Waals surface area contributed by atoms with Crippen LogP contribution in [0, 0.1) is 0 Å². The molecule has 108 valence electrons. The van der Waals surface area contributed by atoms with Gasteiger partial charge in [-0.05, 0) is 18.2 Å². The average molecular weight is 297 g/mol. The van der Waals surface area contributed by atoms with Crippen LogP contribution >= 0.6 is 0 Å². The Morgan fingerprint density at radius 1 is 1.00 bits per heavy atom. The summed E-state index contributed by atoms with van der Waals surface area (Å²) < 4.78 is 76.0. The number of H-pyrrole nitrogens is 1. The lowest BCUT2D eigenvalue weighted by molar-refractivity contribution is -0.142. The molecule has 0 radical (unpaired) electrons. The van der Waals surface area contributed by atoms with Crippen LogP contribution < -0.4 is 0 Å². The Hall–Kier alpha value is -2.19. The number of carbonyl (C=O) groups is 1. The number of aromatic amines is 1. The van der Waals surface area contributed by atoms with Crippen molar-refractivity contribution >= 4 is 16.9 Å². The molecule has 2 N–H and O–H groups in total. The van der Waals surface area contributed by atoms with Crippen LogP contribution in [0.25, 0.3) is 10.9 Å². The van der Waals surface area contributed by atoms with E-state index in [1.165, 1.54) is 0 Å².